The van der Waals surface area contributed by atoms with Crippen molar-refractivity contribution in [2.75, 3.05) is 12.4 Å². The summed E-state index contributed by atoms with van der Waals surface area (Å²) in [5, 5.41) is 3.35. The maximum atomic E-state index is 13.5. The molecule has 0 radical (unpaired) electrons. The summed E-state index contributed by atoms with van der Waals surface area (Å²) in [5.74, 6) is 0.574. The monoisotopic (exact) mass is 445 g/mol. The fourth-order valence-corrected chi connectivity index (χ4v) is 4.88. The van der Waals surface area contributed by atoms with Gasteiger partial charge in [-0.25, -0.2) is 0 Å². The van der Waals surface area contributed by atoms with E-state index in [1.54, 1.807) is 19.2 Å². The second-order valence-electron chi connectivity index (χ2n) is 7.46. The van der Waals surface area contributed by atoms with Crippen molar-refractivity contribution < 1.29 is 9.53 Å². The van der Waals surface area contributed by atoms with Crippen LogP contribution >= 0.6 is 34.8 Å². The molecular formula is C22H19BCl3NO2. The molecule has 2 heterocycles. The predicted octanol–water partition coefficient (Wildman–Crippen LogP) is 5.85. The summed E-state index contributed by atoms with van der Waals surface area (Å²) >= 11 is 19.1. The molecular weight excluding hydrogens is 427 g/mol. The first kappa shape index (κ1) is 20.4. The number of ether oxygens (including phenoxy) is 1. The Morgan fingerprint density at radius 1 is 1.21 bits per heavy atom. The van der Waals surface area contributed by atoms with Crippen LogP contribution in [-0.4, -0.2) is 25.0 Å². The van der Waals surface area contributed by atoms with E-state index in [0.29, 0.717) is 27.8 Å². The molecule has 0 fully saturated rings. The van der Waals surface area contributed by atoms with Crippen molar-refractivity contribution in [3.8, 4) is 5.75 Å². The fourth-order valence-electron chi connectivity index (χ4n) is 4.07. The Hall–Kier alpha value is -1.88. The number of carbonyl (C=O) groups excluding carboxylic acids is 1. The number of rotatable bonds is 4. The molecule has 1 amide bonds. The Morgan fingerprint density at radius 2 is 2.00 bits per heavy atom. The third-order valence-electron chi connectivity index (χ3n) is 5.72. The van der Waals surface area contributed by atoms with Gasteiger partial charge in [-0.15, -0.1) is 11.6 Å². The van der Waals surface area contributed by atoms with Crippen LogP contribution in [0.4, 0.5) is 5.69 Å². The van der Waals surface area contributed by atoms with Crippen LogP contribution < -0.4 is 10.1 Å². The second-order valence-corrected chi connectivity index (χ2v) is 8.84. The molecule has 2 aliphatic heterocycles. The minimum atomic E-state index is -0.939. The van der Waals surface area contributed by atoms with Gasteiger partial charge >= 0.3 is 0 Å². The number of alkyl halides is 1. The van der Waals surface area contributed by atoms with E-state index in [9.17, 15) is 4.79 Å². The van der Waals surface area contributed by atoms with Crippen LogP contribution in [-0.2, 0) is 10.2 Å². The quantitative estimate of drug-likeness (QED) is 0.473. The highest BCUT2D eigenvalue weighted by Gasteiger charge is 2.49. The van der Waals surface area contributed by atoms with Crippen molar-refractivity contribution in [2.45, 2.75) is 23.9 Å². The first-order chi connectivity index (χ1) is 13.8. The van der Waals surface area contributed by atoms with E-state index in [0.717, 1.165) is 16.7 Å². The molecule has 2 atom stereocenters. The summed E-state index contributed by atoms with van der Waals surface area (Å²) in [7, 11) is 1.61. The van der Waals surface area contributed by atoms with E-state index in [1.807, 2.05) is 49.3 Å². The fraction of sp³-hybridized carbons (Fsp3) is 0.227. The lowest BCUT2D eigenvalue weighted by Gasteiger charge is -2.31. The zero-order valence-electron chi connectivity index (χ0n) is 16.0. The standard InChI is InChI=1S/C22H19BCl3NO2/c1-23-19(25)8-13(9-20(23)26)12-22(14-4-3-5-16(10-14)29-2)17-7-6-15(24)11-18(17)27-21(22)28/h3-11,19H,12H2,1-2H3,(H,27,28). The van der Waals surface area contributed by atoms with Gasteiger partial charge in [-0.05, 0) is 52.3 Å². The number of halogens is 3. The summed E-state index contributed by atoms with van der Waals surface area (Å²) < 4.78 is 5.42. The normalized spacial score (nSPS) is 23.3. The van der Waals surface area contributed by atoms with Crippen molar-refractivity contribution in [1.82, 2.24) is 0 Å². The maximum absolute atomic E-state index is 13.5. The highest BCUT2D eigenvalue weighted by Crippen LogP contribution is 2.49. The highest BCUT2D eigenvalue weighted by molar-refractivity contribution is 6.84. The number of anilines is 1. The molecule has 0 bridgehead atoms. The lowest BCUT2D eigenvalue weighted by Crippen LogP contribution is -2.37. The second kappa shape index (κ2) is 7.75. The molecule has 2 aromatic rings. The Balaban J connectivity index is 1.90. The van der Waals surface area contributed by atoms with Gasteiger partial charge in [0.1, 0.15) is 11.2 Å². The van der Waals surface area contributed by atoms with Gasteiger partial charge in [-0.2, -0.15) is 0 Å². The largest absolute Gasteiger partial charge is 0.497 e. The molecule has 2 aliphatic rings. The lowest BCUT2D eigenvalue weighted by molar-refractivity contribution is -0.119. The number of methoxy groups -OCH3 is 1. The number of amides is 1. The average molecular weight is 447 g/mol. The Morgan fingerprint density at radius 3 is 2.72 bits per heavy atom. The Labute approximate surface area is 185 Å². The van der Waals surface area contributed by atoms with Crippen molar-refractivity contribution in [3.05, 3.63) is 81.3 Å². The van der Waals surface area contributed by atoms with Gasteiger partial charge in [0.2, 0.25) is 12.6 Å². The molecule has 7 heteroatoms. The summed E-state index contributed by atoms with van der Waals surface area (Å²) in [6.07, 6.45) is 4.34. The smallest absolute Gasteiger partial charge is 0.239 e. The van der Waals surface area contributed by atoms with Gasteiger partial charge in [0.05, 0.1) is 7.11 Å². The van der Waals surface area contributed by atoms with Crippen LogP contribution in [0.5, 0.6) is 5.75 Å². The van der Waals surface area contributed by atoms with Gasteiger partial charge in [0.15, 0.2) is 0 Å². The minimum Gasteiger partial charge on any atom is -0.497 e. The molecule has 0 saturated heterocycles. The number of hydrogen-bond donors (Lipinski definition) is 1. The molecule has 2 aromatic carbocycles. The van der Waals surface area contributed by atoms with E-state index in [1.165, 1.54) is 0 Å². The van der Waals surface area contributed by atoms with Crippen molar-refractivity contribution in [1.29, 1.82) is 0 Å². The van der Waals surface area contributed by atoms with Crippen LogP contribution in [0.15, 0.2) is 65.1 Å². The van der Waals surface area contributed by atoms with Crippen LogP contribution in [0.1, 0.15) is 17.5 Å². The zero-order valence-corrected chi connectivity index (χ0v) is 18.3. The number of fused-ring (bicyclic) bond motifs is 1. The Bertz CT molecular complexity index is 1050. The molecule has 0 spiro atoms. The highest BCUT2D eigenvalue weighted by atomic mass is 35.5. The maximum Gasteiger partial charge on any atom is 0.239 e. The van der Waals surface area contributed by atoms with E-state index < -0.39 is 5.41 Å². The van der Waals surface area contributed by atoms with Gasteiger partial charge in [0, 0.05) is 16.0 Å². The first-order valence-electron chi connectivity index (χ1n) is 9.33. The van der Waals surface area contributed by atoms with E-state index in [2.05, 4.69) is 5.32 Å². The van der Waals surface area contributed by atoms with Crippen molar-refractivity contribution >= 4 is 53.1 Å². The summed E-state index contributed by atoms with van der Waals surface area (Å²) in [4.78, 5) is 14.1. The Kier molecular flexibility index (Phi) is 5.45. The minimum absolute atomic E-state index is 0.0401. The van der Waals surface area contributed by atoms with Crippen LogP contribution in [0.3, 0.4) is 0 Å². The third-order valence-corrected chi connectivity index (χ3v) is 6.91. The molecule has 0 saturated carbocycles. The molecule has 29 heavy (non-hydrogen) atoms. The summed E-state index contributed by atoms with van der Waals surface area (Å²) in [5.41, 5.74) is 2.41. The summed E-state index contributed by atoms with van der Waals surface area (Å²) in [6, 6.07) is 13.1. The average Bonchev–Trinajstić information content (AvgIpc) is 2.97. The molecule has 2 unspecified atom stereocenters. The topological polar surface area (TPSA) is 38.3 Å². The number of hydrogen-bond acceptors (Lipinski definition) is 2. The lowest BCUT2D eigenvalue weighted by atomic mass is 9.47. The predicted molar refractivity (Wildman–Crippen MR) is 122 cm³/mol. The zero-order chi connectivity index (χ0) is 20.8. The molecule has 0 aromatic heterocycles. The molecule has 148 valence electrons. The molecule has 0 aliphatic carbocycles. The van der Waals surface area contributed by atoms with Gasteiger partial charge in [-0.1, -0.05) is 60.4 Å². The van der Waals surface area contributed by atoms with Crippen LogP contribution in [0, 0.1) is 0 Å². The van der Waals surface area contributed by atoms with Crippen LogP contribution in [0.2, 0.25) is 11.8 Å². The molecule has 3 nitrogen and oxygen atoms in total. The van der Waals surface area contributed by atoms with Gasteiger partial charge < -0.3 is 10.1 Å². The first-order valence-corrected chi connectivity index (χ1v) is 10.5. The van der Waals surface area contributed by atoms with Gasteiger partial charge in [-0.3, -0.25) is 4.79 Å². The number of benzene rings is 2. The van der Waals surface area contributed by atoms with E-state index in [4.69, 9.17) is 39.5 Å². The number of nitrogens with one attached hydrogen (secondary N) is 1. The van der Waals surface area contributed by atoms with Crippen LogP contribution in [0.25, 0.3) is 0 Å². The van der Waals surface area contributed by atoms with E-state index >= 15 is 0 Å². The molecule has 1 N–H and O–H groups in total. The van der Waals surface area contributed by atoms with Crippen molar-refractivity contribution in [2.24, 2.45) is 0 Å². The molecule has 4 rings (SSSR count). The number of carbonyl (C=O) groups is 1. The van der Waals surface area contributed by atoms with Gasteiger partial charge in [0.25, 0.3) is 0 Å². The van der Waals surface area contributed by atoms with Crippen molar-refractivity contribution in [3.63, 3.8) is 0 Å². The SMILES string of the molecule is COc1cccc(C2(CC3=CC(Cl)B(C)C(Cl)=C3)C(=O)Nc3cc(Cl)ccc32)c1. The number of allylic oxidation sites excluding steroid dienone is 3. The summed E-state index contributed by atoms with van der Waals surface area (Å²) in [6.45, 7) is 2.03. The van der Waals surface area contributed by atoms with E-state index in [-0.39, 0.29) is 17.9 Å². The third kappa shape index (κ3) is 3.48.